The number of amides is 1. The van der Waals surface area contributed by atoms with Crippen LogP contribution in [-0.2, 0) is 4.79 Å². The van der Waals surface area contributed by atoms with Gasteiger partial charge in [0, 0.05) is 6.54 Å². The third-order valence-corrected chi connectivity index (χ3v) is 2.17. The summed E-state index contributed by atoms with van der Waals surface area (Å²) in [7, 11) is 0. The lowest BCUT2D eigenvalue weighted by molar-refractivity contribution is -0.122. The van der Waals surface area contributed by atoms with Gasteiger partial charge in [-0.1, -0.05) is 30.3 Å². The number of benzene rings is 1. The minimum absolute atomic E-state index is 0.162. The smallest absolute Gasteiger partial charge is 0.237 e. The zero-order chi connectivity index (χ0) is 11.3. The molecule has 5 N–H and O–H groups in total. The Morgan fingerprint density at radius 1 is 1.40 bits per heavy atom. The van der Waals surface area contributed by atoms with Gasteiger partial charge in [0.15, 0.2) is 0 Å². The van der Waals surface area contributed by atoms with Crippen LogP contribution in [0.5, 0.6) is 0 Å². The number of rotatable bonds is 4. The highest BCUT2D eigenvalue weighted by Crippen LogP contribution is 2.10. The van der Waals surface area contributed by atoms with Gasteiger partial charge in [-0.05, 0) is 12.5 Å². The lowest BCUT2D eigenvalue weighted by Crippen LogP contribution is -2.42. The summed E-state index contributed by atoms with van der Waals surface area (Å²) in [4.78, 5) is 11.4. The van der Waals surface area contributed by atoms with Crippen LogP contribution in [0.25, 0.3) is 0 Å². The fourth-order valence-corrected chi connectivity index (χ4v) is 1.27. The van der Waals surface area contributed by atoms with Crippen molar-refractivity contribution in [1.29, 1.82) is 0 Å². The third-order valence-electron chi connectivity index (χ3n) is 2.17. The fraction of sp³-hybridized carbons (Fsp3) is 0.364. The first-order chi connectivity index (χ1) is 7.15. The molecular weight excluding hydrogens is 190 g/mol. The number of nitrogens with one attached hydrogen (secondary N) is 1. The second-order valence-corrected chi connectivity index (χ2v) is 3.50. The first kappa shape index (κ1) is 11.7. The van der Waals surface area contributed by atoms with E-state index in [1.807, 2.05) is 30.3 Å². The van der Waals surface area contributed by atoms with E-state index in [-0.39, 0.29) is 11.9 Å². The van der Waals surface area contributed by atoms with Crippen molar-refractivity contribution in [3.05, 3.63) is 35.9 Å². The summed E-state index contributed by atoms with van der Waals surface area (Å²) >= 11 is 0. The first-order valence-electron chi connectivity index (χ1n) is 4.96. The van der Waals surface area contributed by atoms with Crippen molar-refractivity contribution in [2.75, 3.05) is 6.54 Å². The molecule has 2 atom stereocenters. The Bertz CT molecular complexity index is 311. The molecule has 1 amide bonds. The Hall–Kier alpha value is -1.39. The molecule has 0 bridgehead atoms. The zero-order valence-corrected chi connectivity index (χ0v) is 8.81. The SMILES string of the molecule is CC(N)C(=O)NC(CN)c1ccccc1. The van der Waals surface area contributed by atoms with Crippen LogP contribution in [-0.4, -0.2) is 18.5 Å². The Morgan fingerprint density at radius 3 is 2.47 bits per heavy atom. The van der Waals surface area contributed by atoms with E-state index in [2.05, 4.69) is 5.32 Å². The Morgan fingerprint density at radius 2 is 2.00 bits per heavy atom. The number of carbonyl (C=O) groups is 1. The van der Waals surface area contributed by atoms with Gasteiger partial charge in [0.25, 0.3) is 0 Å². The van der Waals surface area contributed by atoms with Crippen LogP contribution in [0.4, 0.5) is 0 Å². The summed E-state index contributed by atoms with van der Waals surface area (Å²) in [5, 5.41) is 2.79. The van der Waals surface area contributed by atoms with Gasteiger partial charge in [-0.3, -0.25) is 4.79 Å². The topological polar surface area (TPSA) is 81.1 Å². The molecule has 0 aromatic heterocycles. The van der Waals surface area contributed by atoms with Crippen LogP contribution in [0.2, 0.25) is 0 Å². The van der Waals surface area contributed by atoms with Crippen LogP contribution >= 0.6 is 0 Å². The molecule has 0 aliphatic rings. The highest BCUT2D eigenvalue weighted by Gasteiger charge is 2.14. The minimum Gasteiger partial charge on any atom is -0.347 e. The lowest BCUT2D eigenvalue weighted by Gasteiger charge is -2.18. The maximum absolute atomic E-state index is 11.4. The molecular formula is C11H17N3O. The van der Waals surface area contributed by atoms with Crippen molar-refractivity contribution < 1.29 is 4.79 Å². The number of hydrogen-bond donors (Lipinski definition) is 3. The van der Waals surface area contributed by atoms with Crippen molar-refractivity contribution in [3.8, 4) is 0 Å². The summed E-state index contributed by atoms with van der Waals surface area (Å²) in [5.41, 5.74) is 12.1. The fourth-order valence-electron chi connectivity index (χ4n) is 1.27. The van der Waals surface area contributed by atoms with Gasteiger partial charge in [0.1, 0.15) is 0 Å². The monoisotopic (exact) mass is 207 g/mol. The van der Waals surface area contributed by atoms with Gasteiger partial charge < -0.3 is 16.8 Å². The number of carbonyl (C=O) groups excluding carboxylic acids is 1. The second kappa shape index (κ2) is 5.48. The summed E-state index contributed by atoms with van der Waals surface area (Å²) in [6.07, 6.45) is 0. The minimum atomic E-state index is -0.511. The van der Waals surface area contributed by atoms with Gasteiger partial charge in [0.05, 0.1) is 12.1 Å². The molecule has 4 nitrogen and oxygen atoms in total. The molecule has 1 aromatic rings. The van der Waals surface area contributed by atoms with Crippen molar-refractivity contribution in [3.63, 3.8) is 0 Å². The van der Waals surface area contributed by atoms with Crippen LogP contribution in [0, 0.1) is 0 Å². The average molecular weight is 207 g/mol. The maximum atomic E-state index is 11.4. The van der Waals surface area contributed by atoms with Gasteiger partial charge in [-0.2, -0.15) is 0 Å². The first-order valence-corrected chi connectivity index (χ1v) is 4.96. The van der Waals surface area contributed by atoms with E-state index in [0.29, 0.717) is 6.54 Å². The van der Waals surface area contributed by atoms with Gasteiger partial charge in [0.2, 0.25) is 5.91 Å². The zero-order valence-electron chi connectivity index (χ0n) is 8.81. The molecule has 0 fully saturated rings. The summed E-state index contributed by atoms with van der Waals surface area (Å²) in [6, 6.07) is 8.93. The Kier molecular flexibility index (Phi) is 4.27. The summed E-state index contributed by atoms with van der Waals surface area (Å²) in [5.74, 6) is -0.186. The van der Waals surface area contributed by atoms with Crippen molar-refractivity contribution >= 4 is 5.91 Å². The highest BCUT2D eigenvalue weighted by atomic mass is 16.2. The highest BCUT2D eigenvalue weighted by molar-refractivity contribution is 5.81. The molecule has 0 heterocycles. The lowest BCUT2D eigenvalue weighted by atomic mass is 10.1. The molecule has 15 heavy (non-hydrogen) atoms. The molecule has 4 heteroatoms. The predicted octanol–water partition coefficient (Wildman–Crippen LogP) is 0.150. The predicted molar refractivity (Wildman–Crippen MR) is 60.0 cm³/mol. The summed E-state index contributed by atoms with van der Waals surface area (Å²) in [6.45, 7) is 2.01. The molecule has 82 valence electrons. The molecule has 0 saturated carbocycles. The quantitative estimate of drug-likeness (QED) is 0.657. The van der Waals surface area contributed by atoms with E-state index >= 15 is 0 Å². The van der Waals surface area contributed by atoms with Crippen LogP contribution in [0.3, 0.4) is 0 Å². The second-order valence-electron chi connectivity index (χ2n) is 3.50. The van der Waals surface area contributed by atoms with Crippen LogP contribution in [0.1, 0.15) is 18.5 Å². The molecule has 1 rings (SSSR count). The van der Waals surface area contributed by atoms with E-state index in [1.165, 1.54) is 0 Å². The van der Waals surface area contributed by atoms with E-state index in [0.717, 1.165) is 5.56 Å². The van der Waals surface area contributed by atoms with E-state index < -0.39 is 6.04 Å². The van der Waals surface area contributed by atoms with Crippen LogP contribution in [0.15, 0.2) is 30.3 Å². The maximum Gasteiger partial charge on any atom is 0.237 e. The van der Waals surface area contributed by atoms with Crippen molar-refractivity contribution in [2.45, 2.75) is 19.0 Å². The molecule has 0 spiro atoms. The van der Waals surface area contributed by atoms with E-state index in [9.17, 15) is 4.79 Å². The number of hydrogen-bond acceptors (Lipinski definition) is 3. The third kappa shape index (κ3) is 3.34. The Balaban J connectivity index is 2.69. The molecule has 0 saturated heterocycles. The molecule has 0 aliphatic heterocycles. The largest absolute Gasteiger partial charge is 0.347 e. The van der Waals surface area contributed by atoms with Crippen molar-refractivity contribution in [2.24, 2.45) is 11.5 Å². The van der Waals surface area contributed by atoms with Gasteiger partial charge >= 0.3 is 0 Å². The summed E-state index contributed by atoms with van der Waals surface area (Å²) < 4.78 is 0. The Labute approximate surface area is 89.6 Å². The number of nitrogens with two attached hydrogens (primary N) is 2. The van der Waals surface area contributed by atoms with E-state index in [4.69, 9.17) is 11.5 Å². The molecule has 1 aromatic carbocycles. The normalized spacial score (nSPS) is 14.3. The average Bonchev–Trinajstić information content (AvgIpc) is 2.26. The van der Waals surface area contributed by atoms with Crippen LogP contribution < -0.4 is 16.8 Å². The standard InChI is InChI=1S/C11H17N3O/c1-8(13)11(15)14-10(7-12)9-5-3-2-4-6-9/h2-6,8,10H,7,12-13H2,1H3,(H,14,15). The van der Waals surface area contributed by atoms with Gasteiger partial charge in [-0.25, -0.2) is 0 Å². The molecule has 0 radical (unpaired) electrons. The molecule has 2 unspecified atom stereocenters. The van der Waals surface area contributed by atoms with E-state index in [1.54, 1.807) is 6.92 Å². The van der Waals surface area contributed by atoms with Crippen molar-refractivity contribution in [1.82, 2.24) is 5.32 Å². The van der Waals surface area contributed by atoms with Gasteiger partial charge in [-0.15, -0.1) is 0 Å². The molecule has 0 aliphatic carbocycles.